The molecule has 0 aliphatic carbocycles. The number of hydrogen-bond donors (Lipinski definition) is 2. The lowest BCUT2D eigenvalue weighted by Crippen LogP contribution is -2.38. The summed E-state index contributed by atoms with van der Waals surface area (Å²) < 4.78 is 26.7. The zero-order chi connectivity index (χ0) is 24.4. The van der Waals surface area contributed by atoms with Crippen molar-refractivity contribution < 1.29 is 33.2 Å². The van der Waals surface area contributed by atoms with E-state index in [2.05, 4.69) is 5.09 Å². The number of hydrogen-bond acceptors (Lipinski definition) is 8. The highest BCUT2D eigenvalue weighted by Crippen LogP contribution is 2.51. The monoisotopic (exact) mass is 478 g/mol. The Hall–Kier alpha value is -2.64. The minimum Gasteiger partial charge on any atom is -0.497 e. The van der Waals surface area contributed by atoms with E-state index >= 15 is 0 Å². The maximum absolute atomic E-state index is 12.1. The van der Waals surface area contributed by atoms with E-state index in [1.807, 2.05) is 42.5 Å². The van der Waals surface area contributed by atoms with E-state index in [-0.39, 0.29) is 12.5 Å². The summed E-state index contributed by atoms with van der Waals surface area (Å²) >= 11 is 0. The van der Waals surface area contributed by atoms with Crippen LogP contribution in [0.3, 0.4) is 0 Å². The number of carbonyl (C=O) groups excluding carboxylic acids is 1. The quantitative estimate of drug-likeness (QED) is 0.261. The number of ether oxygens (including phenoxy) is 4. The molecule has 2 rings (SSSR count). The van der Waals surface area contributed by atoms with E-state index in [1.54, 1.807) is 47.1 Å². The summed E-state index contributed by atoms with van der Waals surface area (Å²) in [7, 11) is 1.41. The van der Waals surface area contributed by atoms with Crippen molar-refractivity contribution >= 4 is 26.0 Å². The van der Waals surface area contributed by atoms with Gasteiger partial charge in [-0.3, -0.25) is 9.32 Å². The Balaban J connectivity index is 2.09. The second-order valence-corrected chi connectivity index (χ2v) is 9.70. The minimum absolute atomic E-state index is 0.0916. The summed E-state index contributed by atoms with van der Waals surface area (Å²) in [6, 6.07) is 12.1. The molecule has 0 bridgehead atoms. The second kappa shape index (κ2) is 12.6. The zero-order valence-corrected chi connectivity index (χ0v) is 20.8. The molecule has 33 heavy (non-hydrogen) atoms. The number of methoxy groups -OCH3 is 3. The first-order chi connectivity index (χ1) is 15.7. The molecule has 2 aromatic carbocycles. The summed E-state index contributed by atoms with van der Waals surface area (Å²) in [4.78, 5) is 23.0. The van der Waals surface area contributed by atoms with Gasteiger partial charge in [0.25, 0.3) is 0 Å². The number of nitrogens with one attached hydrogen (secondary N) is 1. The fourth-order valence-corrected chi connectivity index (χ4v) is 4.60. The Labute approximate surface area is 196 Å². The molecule has 0 aromatic heterocycles. The SMILES string of the molecule is COC[P+](O)(N[C@@H](C)C(=O)OC(C)C)Oc1ccc(/C=C/c2cc(OC)cc(OC)c2)cc1. The van der Waals surface area contributed by atoms with Gasteiger partial charge in [0.05, 0.1) is 20.3 Å². The van der Waals surface area contributed by atoms with Crippen LogP contribution in [-0.4, -0.2) is 50.7 Å². The molecular weight excluding hydrogens is 445 g/mol. The van der Waals surface area contributed by atoms with Crippen LogP contribution in [0.1, 0.15) is 31.9 Å². The predicted molar refractivity (Wildman–Crippen MR) is 130 cm³/mol. The average molecular weight is 479 g/mol. The summed E-state index contributed by atoms with van der Waals surface area (Å²) in [5, 5.41) is 2.84. The van der Waals surface area contributed by atoms with Gasteiger partial charge in [0.15, 0.2) is 5.75 Å². The highest BCUT2D eigenvalue weighted by atomic mass is 31.2. The van der Waals surface area contributed by atoms with E-state index in [9.17, 15) is 9.69 Å². The van der Waals surface area contributed by atoms with Crippen molar-refractivity contribution in [3.8, 4) is 17.2 Å². The molecule has 2 atom stereocenters. The molecule has 2 N–H and O–H groups in total. The van der Waals surface area contributed by atoms with E-state index in [4.69, 9.17) is 23.5 Å². The van der Waals surface area contributed by atoms with Crippen molar-refractivity contribution in [3.05, 3.63) is 53.6 Å². The van der Waals surface area contributed by atoms with Gasteiger partial charge in [0, 0.05) is 13.2 Å². The Morgan fingerprint density at radius 3 is 2.03 bits per heavy atom. The van der Waals surface area contributed by atoms with Crippen molar-refractivity contribution in [1.29, 1.82) is 0 Å². The third kappa shape index (κ3) is 8.67. The minimum atomic E-state index is -3.26. The molecule has 9 heteroatoms. The first-order valence-corrected chi connectivity index (χ1v) is 12.3. The van der Waals surface area contributed by atoms with Crippen LogP contribution in [0.4, 0.5) is 0 Å². The Morgan fingerprint density at radius 1 is 0.939 bits per heavy atom. The summed E-state index contributed by atoms with van der Waals surface area (Å²) in [5.41, 5.74) is 1.86. The van der Waals surface area contributed by atoms with Crippen molar-refractivity contribution in [2.24, 2.45) is 0 Å². The van der Waals surface area contributed by atoms with Gasteiger partial charge in [-0.05, 0) is 56.2 Å². The number of carbonyl (C=O) groups is 1. The first kappa shape index (κ1) is 26.6. The van der Waals surface area contributed by atoms with E-state index < -0.39 is 19.9 Å². The first-order valence-electron chi connectivity index (χ1n) is 10.5. The molecule has 0 spiro atoms. The van der Waals surface area contributed by atoms with Crippen LogP contribution < -0.4 is 19.1 Å². The van der Waals surface area contributed by atoms with Gasteiger partial charge in [0.1, 0.15) is 17.5 Å². The van der Waals surface area contributed by atoms with E-state index in [0.29, 0.717) is 17.2 Å². The predicted octanol–water partition coefficient (Wildman–Crippen LogP) is 4.54. The lowest BCUT2D eigenvalue weighted by molar-refractivity contribution is -0.149. The molecule has 2 aromatic rings. The smallest absolute Gasteiger partial charge is 0.418 e. The topological polar surface area (TPSA) is 95.5 Å². The largest absolute Gasteiger partial charge is 0.497 e. The lowest BCUT2D eigenvalue weighted by atomic mass is 10.1. The van der Waals surface area contributed by atoms with Crippen LogP contribution in [0.25, 0.3) is 12.2 Å². The summed E-state index contributed by atoms with van der Waals surface area (Å²) in [5.74, 6) is 1.38. The highest BCUT2D eigenvalue weighted by Gasteiger charge is 2.44. The molecule has 0 radical (unpaired) electrons. The van der Waals surface area contributed by atoms with Crippen LogP contribution >= 0.6 is 7.87 Å². The van der Waals surface area contributed by atoms with Crippen LogP contribution in [0.5, 0.6) is 17.2 Å². The zero-order valence-electron chi connectivity index (χ0n) is 19.9. The van der Waals surface area contributed by atoms with E-state index in [0.717, 1.165) is 11.1 Å². The van der Waals surface area contributed by atoms with Crippen LogP contribution in [0.15, 0.2) is 42.5 Å². The van der Waals surface area contributed by atoms with Crippen molar-refractivity contribution in [3.63, 3.8) is 0 Å². The Morgan fingerprint density at radius 2 is 1.52 bits per heavy atom. The van der Waals surface area contributed by atoms with Gasteiger partial charge in [-0.2, -0.15) is 4.89 Å². The van der Waals surface area contributed by atoms with Crippen molar-refractivity contribution in [1.82, 2.24) is 5.09 Å². The maximum Gasteiger partial charge on any atom is 0.418 e. The molecule has 180 valence electrons. The maximum atomic E-state index is 12.1. The Kier molecular flexibility index (Phi) is 10.1. The third-order valence-corrected chi connectivity index (χ3v) is 6.30. The Bertz CT molecular complexity index is 911. The standard InChI is InChI=1S/C24H33NO7P/c1-17(2)31-24(26)18(3)25-33(27,16-28-4)32-21-11-9-19(10-12-21)7-8-20-13-22(29-5)15-23(14-20)30-6/h7-15,17-18,25,27H,16H2,1-6H3/q+1/b8-7+/t18-,33?/m0/s1. The molecule has 0 aliphatic rings. The molecule has 0 fully saturated rings. The van der Waals surface area contributed by atoms with Crippen molar-refractivity contribution in [2.75, 3.05) is 27.7 Å². The average Bonchev–Trinajstić information content (AvgIpc) is 2.77. The normalized spacial score (nSPS) is 14.1. The fraction of sp³-hybridized carbons (Fsp3) is 0.375. The summed E-state index contributed by atoms with van der Waals surface area (Å²) in [6.45, 7) is 5.13. The van der Waals surface area contributed by atoms with E-state index in [1.165, 1.54) is 7.11 Å². The third-order valence-electron chi connectivity index (χ3n) is 4.38. The van der Waals surface area contributed by atoms with Crippen LogP contribution in [-0.2, 0) is 14.3 Å². The van der Waals surface area contributed by atoms with Gasteiger partial charge in [-0.1, -0.05) is 24.3 Å². The molecule has 0 amide bonds. The molecule has 0 saturated heterocycles. The van der Waals surface area contributed by atoms with Crippen molar-refractivity contribution in [2.45, 2.75) is 32.9 Å². The van der Waals surface area contributed by atoms with Gasteiger partial charge in [-0.25, -0.2) is 0 Å². The second-order valence-electron chi connectivity index (χ2n) is 7.60. The van der Waals surface area contributed by atoms with Gasteiger partial charge >= 0.3 is 13.8 Å². The van der Waals surface area contributed by atoms with Gasteiger partial charge in [-0.15, -0.1) is 5.09 Å². The molecule has 0 aliphatic heterocycles. The number of esters is 1. The van der Waals surface area contributed by atoms with Gasteiger partial charge < -0.3 is 18.9 Å². The molecule has 0 heterocycles. The highest BCUT2D eigenvalue weighted by molar-refractivity contribution is 7.63. The number of rotatable bonds is 12. The molecule has 8 nitrogen and oxygen atoms in total. The molecular formula is C24H33NO7P+. The van der Waals surface area contributed by atoms with Crippen LogP contribution in [0.2, 0.25) is 0 Å². The van der Waals surface area contributed by atoms with Crippen LogP contribution in [0, 0.1) is 0 Å². The molecule has 1 unspecified atom stereocenters. The molecule has 0 saturated carbocycles. The van der Waals surface area contributed by atoms with Gasteiger partial charge in [0.2, 0.25) is 6.35 Å². The summed E-state index contributed by atoms with van der Waals surface area (Å²) in [6.07, 6.45) is 3.54. The number of benzene rings is 2. The lowest BCUT2D eigenvalue weighted by Gasteiger charge is -2.22. The fourth-order valence-electron chi connectivity index (χ4n) is 2.89.